The summed E-state index contributed by atoms with van der Waals surface area (Å²) in [6.45, 7) is 1.86. The van der Waals surface area contributed by atoms with E-state index in [2.05, 4.69) is 5.32 Å². The van der Waals surface area contributed by atoms with Crippen LogP contribution in [-0.4, -0.2) is 17.0 Å². The van der Waals surface area contributed by atoms with E-state index in [4.69, 9.17) is 16.7 Å². The minimum atomic E-state index is -1.18. The molecule has 0 fully saturated rings. The maximum atomic E-state index is 11.3. The molecule has 1 amide bonds. The summed E-state index contributed by atoms with van der Waals surface area (Å²) >= 11 is 5.85. The molecule has 0 saturated heterocycles. The third-order valence-electron chi connectivity index (χ3n) is 1.76. The molecule has 0 saturated carbocycles. The van der Waals surface area contributed by atoms with Gasteiger partial charge in [-0.15, -0.1) is 0 Å². The second-order valence-electron chi connectivity index (χ2n) is 3.14. The number of benzene rings is 1. The average Bonchev–Trinajstić information content (AvgIpc) is 2.20. The van der Waals surface area contributed by atoms with Crippen LogP contribution >= 0.6 is 11.6 Å². The molecule has 0 spiro atoms. The number of carboxylic acid groups (broad SMARTS) is 1. The lowest BCUT2D eigenvalue weighted by atomic mass is 10.2. The average molecular weight is 240 g/mol. The van der Waals surface area contributed by atoms with Crippen LogP contribution in [-0.2, 0) is 9.59 Å². The number of rotatable bonds is 3. The largest absolute Gasteiger partial charge is 0.478 e. The molecule has 0 aliphatic carbocycles. The Morgan fingerprint density at radius 2 is 2.06 bits per heavy atom. The molecule has 1 rings (SSSR count). The van der Waals surface area contributed by atoms with Crippen LogP contribution < -0.4 is 5.32 Å². The van der Waals surface area contributed by atoms with E-state index < -0.39 is 11.9 Å². The molecule has 0 aromatic heterocycles. The first-order valence-electron chi connectivity index (χ1n) is 4.47. The van der Waals surface area contributed by atoms with Crippen LogP contribution in [0.1, 0.15) is 5.56 Å². The molecule has 16 heavy (non-hydrogen) atoms. The Kier molecular flexibility index (Phi) is 4.08. The fourth-order valence-corrected chi connectivity index (χ4v) is 1.22. The Hall–Kier alpha value is -1.81. The van der Waals surface area contributed by atoms with Crippen molar-refractivity contribution < 1.29 is 14.7 Å². The summed E-state index contributed by atoms with van der Waals surface area (Å²) in [5, 5.41) is 11.2. The highest BCUT2D eigenvalue weighted by Crippen LogP contribution is 2.22. The molecule has 4 nitrogen and oxygen atoms in total. The van der Waals surface area contributed by atoms with Crippen LogP contribution in [0.25, 0.3) is 0 Å². The smallest absolute Gasteiger partial charge is 0.328 e. The second-order valence-corrected chi connectivity index (χ2v) is 3.55. The predicted octanol–water partition coefficient (Wildman–Crippen LogP) is 2.23. The van der Waals surface area contributed by atoms with Gasteiger partial charge in [-0.25, -0.2) is 4.79 Å². The van der Waals surface area contributed by atoms with Crippen molar-refractivity contribution in [3.63, 3.8) is 0 Å². The summed E-state index contributed by atoms with van der Waals surface area (Å²) in [7, 11) is 0. The molecular weight excluding hydrogens is 230 g/mol. The van der Waals surface area contributed by atoms with E-state index in [1.165, 1.54) is 0 Å². The van der Waals surface area contributed by atoms with E-state index >= 15 is 0 Å². The van der Waals surface area contributed by atoms with Crippen molar-refractivity contribution in [2.24, 2.45) is 0 Å². The fourth-order valence-electron chi connectivity index (χ4n) is 1.06. The summed E-state index contributed by atoms with van der Waals surface area (Å²) in [5.41, 5.74) is 1.41. The number of aryl methyl sites for hydroxylation is 1. The molecule has 0 aliphatic rings. The first-order valence-corrected chi connectivity index (χ1v) is 4.85. The maximum Gasteiger partial charge on any atom is 0.328 e. The molecule has 0 heterocycles. The zero-order chi connectivity index (χ0) is 12.1. The number of aliphatic carboxylic acids is 1. The Labute approximate surface area is 97.5 Å². The number of hydrogen-bond acceptors (Lipinski definition) is 2. The van der Waals surface area contributed by atoms with Crippen LogP contribution in [0.15, 0.2) is 30.4 Å². The van der Waals surface area contributed by atoms with Crippen LogP contribution in [0.5, 0.6) is 0 Å². The summed E-state index contributed by atoms with van der Waals surface area (Å²) in [6.07, 6.45) is 1.69. The van der Waals surface area contributed by atoms with Crippen LogP contribution in [0.4, 0.5) is 5.69 Å². The van der Waals surface area contributed by atoms with Crippen molar-refractivity contribution in [1.29, 1.82) is 0 Å². The molecule has 0 atom stereocenters. The number of amides is 1. The van der Waals surface area contributed by atoms with Crippen molar-refractivity contribution in [2.75, 3.05) is 5.32 Å². The van der Waals surface area contributed by atoms with Gasteiger partial charge in [0.2, 0.25) is 5.91 Å². The number of carbonyl (C=O) groups is 2. The highest BCUT2D eigenvalue weighted by atomic mass is 35.5. The van der Waals surface area contributed by atoms with Gasteiger partial charge in [-0.1, -0.05) is 17.7 Å². The lowest BCUT2D eigenvalue weighted by molar-refractivity contribution is -0.131. The van der Waals surface area contributed by atoms with E-state index in [-0.39, 0.29) is 0 Å². The minimum Gasteiger partial charge on any atom is -0.478 e. The van der Waals surface area contributed by atoms with E-state index in [0.29, 0.717) is 10.7 Å². The number of anilines is 1. The van der Waals surface area contributed by atoms with Crippen LogP contribution in [0.2, 0.25) is 5.02 Å². The molecule has 1 aromatic carbocycles. The van der Waals surface area contributed by atoms with Crippen LogP contribution in [0, 0.1) is 6.92 Å². The zero-order valence-corrected chi connectivity index (χ0v) is 9.28. The Morgan fingerprint density at radius 1 is 1.38 bits per heavy atom. The third kappa shape index (κ3) is 3.74. The summed E-state index contributed by atoms with van der Waals surface area (Å²) in [4.78, 5) is 21.4. The molecule has 2 N–H and O–H groups in total. The molecule has 0 unspecified atom stereocenters. The number of carbonyl (C=O) groups excluding carboxylic acids is 1. The molecule has 0 bridgehead atoms. The molecular formula is C11H10ClNO3. The molecule has 5 heteroatoms. The normalized spacial score (nSPS) is 10.4. The number of carboxylic acids is 1. The van der Waals surface area contributed by atoms with E-state index in [9.17, 15) is 9.59 Å². The van der Waals surface area contributed by atoms with Gasteiger partial charge in [0.15, 0.2) is 0 Å². The lowest BCUT2D eigenvalue weighted by Crippen LogP contribution is -2.09. The molecule has 1 aromatic rings. The van der Waals surface area contributed by atoms with Gasteiger partial charge >= 0.3 is 5.97 Å². The Morgan fingerprint density at radius 3 is 2.69 bits per heavy atom. The third-order valence-corrected chi connectivity index (χ3v) is 2.09. The van der Waals surface area contributed by atoms with Crippen molar-refractivity contribution in [3.05, 3.63) is 40.9 Å². The van der Waals surface area contributed by atoms with Crippen LogP contribution in [0.3, 0.4) is 0 Å². The summed E-state index contributed by atoms with van der Waals surface area (Å²) in [5.74, 6) is -1.71. The van der Waals surface area contributed by atoms with Gasteiger partial charge in [-0.05, 0) is 24.6 Å². The van der Waals surface area contributed by atoms with Gasteiger partial charge in [0.1, 0.15) is 0 Å². The Balaban J connectivity index is 2.77. The minimum absolute atomic E-state index is 0.405. The van der Waals surface area contributed by atoms with Gasteiger partial charge in [-0.3, -0.25) is 4.79 Å². The second kappa shape index (κ2) is 5.32. The monoisotopic (exact) mass is 239 g/mol. The summed E-state index contributed by atoms with van der Waals surface area (Å²) in [6, 6.07) is 5.17. The van der Waals surface area contributed by atoms with Crippen molar-refractivity contribution in [2.45, 2.75) is 6.92 Å². The van der Waals surface area contributed by atoms with Crippen molar-refractivity contribution in [3.8, 4) is 0 Å². The zero-order valence-electron chi connectivity index (χ0n) is 8.53. The molecule has 84 valence electrons. The molecule has 0 radical (unpaired) electrons. The number of nitrogens with one attached hydrogen (secondary N) is 1. The maximum absolute atomic E-state index is 11.3. The lowest BCUT2D eigenvalue weighted by Gasteiger charge is -2.05. The topological polar surface area (TPSA) is 66.4 Å². The quantitative estimate of drug-likeness (QED) is 0.795. The summed E-state index contributed by atoms with van der Waals surface area (Å²) < 4.78 is 0. The van der Waals surface area contributed by atoms with Crippen molar-refractivity contribution in [1.82, 2.24) is 0 Å². The van der Waals surface area contributed by atoms with E-state index in [1.807, 2.05) is 13.0 Å². The number of hydrogen-bond donors (Lipinski definition) is 2. The van der Waals surface area contributed by atoms with Gasteiger partial charge in [0, 0.05) is 12.2 Å². The fraction of sp³-hybridized carbons (Fsp3) is 0.0909. The first-order chi connectivity index (χ1) is 7.49. The number of halogens is 1. The standard InChI is InChI=1S/C11H10ClNO3/c1-7-2-3-8(12)9(6-7)13-10(14)4-5-11(15)16/h2-6H,1H3,(H,13,14)(H,15,16)/b5-4-. The van der Waals surface area contributed by atoms with E-state index in [1.54, 1.807) is 12.1 Å². The molecule has 0 aliphatic heterocycles. The SMILES string of the molecule is Cc1ccc(Cl)c(NC(=O)/C=C\C(=O)O)c1. The first kappa shape index (κ1) is 12.3. The van der Waals surface area contributed by atoms with Gasteiger partial charge in [0.05, 0.1) is 10.7 Å². The van der Waals surface area contributed by atoms with E-state index in [0.717, 1.165) is 17.7 Å². The van der Waals surface area contributed by atoms with Crippen molar-refractivity contribution >= 4 is 29.2 Å². The predicted molar refractivity (Wildman–Crippen MR) is 61.6 cm³/mol. The van der Waals surface area contributed by atoms with Gasteiger partial charge in [0.25, 0.3) is 0 Å². The Bertz CT molecular complexity index is 455. The van der Waals surface area contributed by atoms with Gasteiger partial charge in [-0.2, -0.15) is 0 Å². The van der Waals surface area contributed by atoms with Gasteiger partial charge < -0.3 is 10.4 Å². The highest BCUT2D eigenvalue weighted by molar-refractivity contribution is 6.33. The highest BCUT2D eigenvalue weighted by Gasteiger charge is 2.03.